The van der Waals surface area contributed by atoms with Gasteiger partial charge in [0.1, 0.15) is 18.2 Å². The van der Waals surface area contributed by atoms with Crippen LogP contribution in [0.3, 0.4) is 0 Å². The molecule has 1 N–H and O–H groups in total. The highest BCUT2D eigenvalue weighted by Gasteiger charge is 2.55. The van der Waals surface area contributed by atoms with E-state index in [1.165, 1.54) is 31.4 Å². The lowest BCUT2D eigenvalue weighted by molar-refractivity contribution is -0.165. The van der Waals surface area contributed by atoms with E-state index in [2.05, 4.69) is 9.84 Å². The number of carbonyl (C=O) groups is 3. The zero-order chi connectivity index (χ0) is 24.7. The van der Waals surface area contributed by atoms with Gasteiger partial charge >= 0.3 is 18.1 Å². The molecule has 0 bridgehead atoms. The average Bonchev–Trinajstić information content (AvgIpc) is 3.13. The van der Waals surface area contributed by atoms with Crippen LogP contribution in [0.5, 0.6) is 5.75 Å². The van der Waals surface area contributed by atoms with Crippen LogP contribution < -0.4 is 4.90 Å². The molecule has 1 aliphatic heterocycles. The smallest absolute Gasteiger partial charge is 0.422 e. The van der Waals surface area contributed by atoms with Crippen LogP contribution in [0.1, 0.15) is 15.2 Å². The first kappa shape index (κ1) is 16.8. The van der Waals surface area contributed by atoms with Gasteiger partial charge in [-0.2, -0.15) is 15.0 Å². The lowest BCUT2D eigenvalue weighted by Crippen LogP contribution is -2.56. The van der Waals surface area contributed by atoms with Crippen LogP contribution >= 0.6 is 0 Å². The second-order valence-electron chi connectivity index (χ2n) is 6.78. The number of phenols is 1. The Labute approximate surface area is 181 Å². The minimum Gasteiger partial charge on any atom is -0.508 e. The zero-order valence-electron chi connectivity index (χ0n) is 19.3. The molecule has 0 fully saturated rings. The van der Waals surface area contributed by atoms with Crippen molar-refractivity contribution in [3.63, 3.8) is 0 Å². The van der Waals surface area contributed by atoms with Crippen LogP contribution in [-0.2, 0) is 25.4 Å². The molecule has 3 amide bonds. The van der Waals surface area contributed by atoms with E-state index in [1.807, 2.05) is 0 Å². The molecule has 0 radical (unpaired) electrons. The number of nitrogens with zero attached hydrogens (tertiary/aromatic N) is 3. The second kappa shape index (κ2) is 7.73. The van der Waals surface area contributed by atoms with Gasteiger partial charge in [-0.15, -0.1) is 0 Å². The molecular weight excluding hydrogens is 406 g/mol. The summed E-state index contributed by atoms with van der Waals surface area (Å²) in [6, 6.07) is 10.7. The van der Waals surface area contributed by atoms with Gasteiger partial charge in [-0.25, -0.2) is 14.4 Å². The largest absolute Gasteiger partial charge is 0.508 e. The van der Waals surface area contributed by atoms with Crippen molar-refractivity contribution in [2.75, 3.05) is 25.8 Å². The number of ether oxygens (including phenoxy) is 3. The number of benzene rings is 2. The highest BCUT2D eigenvalue weighted by molar-refractivity contribution is 6.22. The Balaban J connectivity index is 1.75. The summed E-state index contributed by atoms with van der Waals surface area (Å²) in [4.78, 5) is 39.1. The number of fused-ring (bicyclic) bond motifs is 3. The molecule has 0 aromatic heterocycles. The number of hydrogen-bond acceptors (Lipinski definition) is 8. The van der Waals surface area contributed by atoms with Crippen molar-refractivity contribution in [1.82, 2.24) is 5.01 Å². The number of esters is 1. The summed E-state index contributed by atoms with van der Waals surface area (Å²) in [7, 11) is -1.92. The van der Waals surface area contributed by atoms with Crippen LogP contribution in [0.2, 0.25) is 0 Å². The van der Waals surface area contributed by atoms with E-state index in [1.54, 1.807) is 24.3 Å². The summed E-state index contributed by atoms with van der Waals surface area (Å²) >= 11 is 0. The number of carbonyl (C=O) groups excluding carboxylic acids is 3. The number of aromatic hydroxyl groups is 1. The van der Waals surface area contributed by atoms with Crippen LogP contribution in [0.4, 0.5) is 15.3 Å². The van der Waals surface area contributed by atoms with Gasteiger partial charge in [-0.3, -0.25) is 0 Å². The fraction of sp³-hybridized carbons (Fsp3) is 0.238. The van der Waals surface area contributed by atoms with E-state index >= 15 is 0 Å². The second-order valence-corrected chi connectivity index (χ2v) is 6.78. The number of phenolic OH excluding ortho intramolecular Hbond substituents is 1. The summed E-state index contributed by atoms with van der Waals surface area (Å²) in [5.41, 5.74) is -0.235. The molecule has 1 aliphatic carbocycles. The molecule has 4 rings (SSSR count). The summed E-state index contributed by atoms with van der Waals surface area (Å²) in [6.07, 6.45) is -1.35. The van der Waals surface area contributed by atoms with Gasteiger partial charge < -0.3 is 19.3 Å². The first-order chi connectivity index (χ1) is 16.1. The third-order valence-corrected chi connectivity index (χ3v) is 5.05. The van der Waals surface area contributed by atoms with Crippen molar-refractivity contribution in [3.05, 3.63) is 59.7 Å². The Morgan fingerprint density at radius 2 is 1.94 bits per heavy atom. The predicted molar refractivity (Wildman–Crippen MR) is 108 cm³/mol. The average molecular weight is 428 g/mol. The number of rotatable bonds is 2. The standard InChI is InChI=1S/C21H19N3O7/c1-29-18(26)21-11-13-5-3-4-6-16(13)17(21)22-23(12-31-21)19(27)24(20(28)30-2)14-7-9-15(25)10-8-14/h3-10,25H,11-12H2,1-2H3/t21-/m0/s1/i2D3. The summed E-state index contributed by atoms with van der Waals surface area (Å²) < 4.78 is 36.8. The van der Waals surface area contributed by atoms with Crippen LogP contribution in [-0.4, -0.2) is 60.4 Å². The maximum atomic E-state index is 13.4. The monoisotopic (exact) mass is 428 g/mol. The first-order valence-electron chi connectivity index (χ1n) is 10.6. The molecule has 10 heteroatoms. The van der Waals surface area contributed by atoms with Crippen LogP contribution in [0.25, 0.3) is 0 Å². The molecular formula is C21H19N3O7. The Hall–Kier alpha value is -3.92. The molecule has 0 saturated heterocycles. The van der Waals surface area contributed by atoms with Crippen molar-refractivity contribution >= 4 is 29.5 Å². The highest BCUT2D eigenvalue weighted by atomic mass is 16.6. The molecule has 1 atom stereocenters. The fourth-order valence-electron chi connectivity index (χ4n) is 3.60. The summed E-state index contributed by atoms with van der Waals surface area (Å²) in [6.45, 7) is -0.541. The Morgan fingerprint density at radius 3 is 2.65 bits per heavy atom. The highest BCUT2D eigenvalue weighted by Crippen LogP contribution is 2.37. The molecule has 0 spiro atoms. The third-order valence-electron chi connectivity index (χ3n) is 5.05. The van der Waals surface area contributed by atoms with Gasteiger partial charge in [0.25, 0.3) is 0 Å². The summed E-state index contributed by atoms with van der Waals surface area (Å²) in [5, 5.41) is 14.6. The Bertz CT molecular complexity index is 1180. The minimum absolute atomic E-state index is 0.0890. The van der Waals surface area contributed by atoms with Crippen molar-refractivity contribution in [3.8, 4) is 5.75 Å². The number of hydrogen-bond donors (Lipinski definition) is 1. The van der Waals surface area contributed by atoms with E-state index in [0.29, 0.717) is 10.5 Å². The van der Waals surface area contributed by atoms with Crippen molar-refractivity contribution in [2.45, 2.75) is 12.0 Å². The summed E-state index contributed by atoms with van der Waals surface area (Å²) in [5.74, 6) is -0.848. The van der Waals surface area contributed by atoms with Crippen LogP contribution in [0.15, 0.2) is 53.6 Å². The van der Waals surface area contributed by atoms with Crippen molar-refractivity contribution < 1.29 is 37.8 Å². The minimum atomic E-state index is -3.12. The molecule has 31 heavy (non-hydrogen) atoms. The van der Waals surface area contributed by atoms with Gasteiger partial charge in [0.15, 0.2) is 0 Å². The van der Waals surface area contributed by atoms with Crippen molar-refractivity contribution in [1.29, 1.82) is 0 Å². The maximum Gasteiger partial charge on any atom is 0.422 e. The zero-order valence-corrected chi connectivity index (χ0v) is 16.3. The van der Waals surface area contributed by atoms with E-state index in [9.17, 15) is 19.5 Å². The normalized spacial score (nSPS) is 20.9. The van der Waals surface area contributed by atoms with Gasteiger partial charge in [0.05, 0.1) is 23.9 Å². The number of imide groups is 1. The molecule has 1 heterocycles. The lowest BCUT2D eigenvalue weighted by Gasteiger charge is -2.35. The topological polar surface area (TPSA) is 118 Å². The van der Waals surface area contributed by atoms with E-state index in [-0.39, 0.29) is 23.6 Å². The number of urea groups is 1. The SMILES string of the molecule is [2H]C([2H])([2H])OC(=O)N(C(=O)N1CO[C@@]2(C(=O)OC)Cc3ccccc3C2=N1)c1ccc(O)cc1. The van der Waals surface area contributed by atoms with E-state index in [0.717, 1.165) is 10.6 Å². The molecule has 2 aliphatic rings. The molecule has 10 nitrogen and oxygen atoms in total. The van der Waals surface area contributed by atoms with Gasteiger partial charge in [-0.05, 0) is 29.8 Å². The fourth-order valence-corrected chi connectivity index (χ4v) is 3.60. The molecule has 0 saturated carbocycles. The first-order valence-corrected chi connectivity index (χ1v) is 9.09. The maximum absolute atomic E-state index is 13.4. The van der Waals surface area contributed by atoms with Gasteiger partial charge in [-0.1, -0.05) is 24.3 Å². The van der Waals surface area contributed by atoms with Crippen molar-refractivity contribution in [2.24, 2.45) is 5.10 Å². The predicted octanol–water partition coefficient (Wildman–Crippen LogP) is 2.25. The Kier molecular flexibility index (Phi) is 4.19. The number of hydrazone groups is 1. The van der Waals surface area contributed by atoms with Crippen LogP contribution in [0, 0.1) is 0 Å². The molecule has 160 valence electrons. The quantitative estimate of drug-likeness (QED) is 0.729. The van der Waals surface area contributed by atoms with Gasteiger partial charge in [0, 0.05) is 12.0 Å². The number of anilines is 1. The molecule has 0 unspecified atom stereocenters. The lowest BCUT2D eigenvalue weighted by atomic mass is 9.97. The third kappa shape index (κ3) is 3.26. The van der Waals surface area contributed by atoms with Gasteiger partial charge in [0.2, 0.25) is 5.60 Å². The van der Waals surface area contributed by atoms with E-state index in [4.69, 9.17) is 13.6 Å². The van der Waals surface area contributed by atoms with E-state index < -0.39 is 37.5 Å². The number of amides is 3. The number of methoxy groups -OCH3 is 2. The molecule has 2 aromatic rings. The molecule has 2 aromatic carbocycles. The Morgan fingerprint density at radius 1 is 1.19 bits per heavy atom.